The van der Waals surface area contributed by atoms with Crippen LogP contribution >= 0.6 is 0 Å². The zero-order chi connectivity index (χ0) is 41.5. The first-order chi connectivity index (χ1) is 23.9. The molecule has 0 heterocycles. The summed E-state index contributed by atoms with van der Waals surface area (Å²) in [6.45, 7) is -4.09. The Bertz CT molecular complexity index is 1550. The third-order valence-corrected chi connectivity index (χ3v) is 6.76. The number of nitrogens with zero attached hydrogens (tertiary/aromatic N) is 1. The first kappa shape index (κ1) is 46.4. The van der Waals surface area contributed by atoms with Crippen LogP contribution in [0.3, 0.4) is 0 Å². The van der Waals surface area contributed by atoms with E-state index in [4.69, 9.17) is 12.8 Å². The molecule has 7 nitrogen and oxygen atoms in total. The molecular formula is C29H24F17N3O4. The van der Waals surface area contributed by atoms with Gasteiger partial charge in [0.1, 0.15) is 6.54 Å². The SMILES string of the molecule is C#CCCCCNC(=O)Nc1cccc(C(=O)N(CC#C)CC(=O)OCCC(F)(F)C(F)(F)C(F)(F)C(F)(F)C(F)(F)C(F)(F)C(F)(F)C(F)(F)F)c1. The van der Waals surface area contributed by atoms with Crippen molar-refractivity contribution in [2.75, 3.05) is 31.6 Å². The molecule has 0 saturated carbocycles. The molecule has 1 rings (SSSR count). The van der Waals surface area contributed by atoms with E-state index in [0.29, 0.717) is 24.2 Å². The van der Waals surface area contributed by atoms with Crippen LogP contribution in [0.5, 0.6) is 0 Å². The van der Waals surface area contributed by atoms with Gasteiger partial charge in [0.2, 0.25) is 0 Å². The molecule has 53 heavy (non-hydrogen) atoms. The van der Waals surface area contributed by atoms with Gasteiger partial charge in [-0.05, 0) is 31.0 Å². The number of esters is 1. The molecule has 298 valence electrons. The van der Waals surface area contributed by atoms with Crippen molar-refractivity contribution in [2.45, 2.75) is 73.3 Å². The molecule has 2 N–H and O–H groups in total. The van der Waals surface area contributed by atoms with E-state index in [1.54, 1.807) is 0 Å². The number of urea groups is 1. The monoisotopic (exact) mass is 801 g/mol. The number of hydrogen-bond donors (Lipinski definition) is 2. The summed E-state index contributed by atoms with van der Waals surface area (Å²) in [5.41, 5.74) is -0.300. The summed E-state index contributed by atoms with van der Waals surface area (Å²) in [5.74, 6) is -56.3. The zero-order valence-corrected chi connectivity index (χ0v) is 26.1. The smallest absolute Gasteiger partial charge is 0.460 e. The first-order valence-corrected chi connectivity index (χ1v) is 14.1. The van der Waals surface area contributed by atoms with Gasteiger partial charge in [-0.1, -0.05) is 12.0 Å². The van der Waals surface area contributed by atoms with Crippen LogP contribution in [-0.2, 0) is 9.53 Å². The minimum absolute atomic E-state index is 0.00120. The highest BCUT2D eigenvalue weighted by Crippen LogP contribution is 2.64. The predicted molar refractivity (Wildman–Crippen MR) is 147 cm³/mol. The minimum Gasteiger partial charge on any atom is -0.464 e. The van der Waals surface area contributed by atoms with Crippen molar-refractivity contribution in [3.05, 3.63) is 29.8 Å². The van der Waals surface area contributed by atoms with E-state index in [9.17, 15) is 89.0 Å². The number of benzene rings is 1. The van der Waals surface area contributed by atoms with Crippen molar-refractivity contribution in [1.82, 2.24) is 10.2 Å². The highest BCUT2D eigenvalue weighted by Gasteiger charge is 2.95. The van der Waals surface area contributed by atoms with Gasteiger partial charge < -0.3 is 20.3 Å². The number of carbonyl (C=O) groups excluding carboxylic acids is 3. The molecule has 1 aromatic carbocycles. The lowest BCUT2D eigenvalue weighted by molar-refractivity contribution is -0.461. The molecule has 0 aliphatic rings. The Balaban J connectivity index is 3.08. The van der Waals surface area contributed by atoms with E-state index in [2.05, 4.69) is 21.3 Å². The van der Waals surface area contributed by atoms with Gasteiger partial charge in [0.25, 0.3) is 5.91 Å². The fourth-order valence-corrected chi connectivity index (χ4v) is 3.80. The summed E-state index contributed by atoms with van der Waals surface area (Å²) in [7, 11) is 0. The Morgan fingerprint density at radius 3 is 1.75 bits per heavy atom. The fourth-order valence-electron chi connectivity index (χ4n) is 3.80. The van der Waals surface area contributed by atoms with Gasteiger partial charge in [0.15, 0.2) is 0 Å². The van der Waals surface area contributed by atoms with E-state index >= 15 is 0 Å². The predicted octanol–water partition coefficient (Wildman–Crippen LogP) is 7.63. The van der Waals surface area contributed by atoms with E-state index < -0.39 is 91.7 Å². The van der Waals surface area contributed by atoms with E-state index in [-0.39, 0.29) is 17.8 Å². The van der Waals surface area contributed by atoms with Gasteiger partial charge in [-0.15, -0.1) is 18.8 Å². The number of alkyl halides is 17. The first-order valence-electron chi connectivity index (χ1n) is 14.1. The summed E-state index contributed by atoms with van der Waals surface area (Å²) >= 11 is 0. The van der Waals surface area contributed by atoms with Crippen molar-refractivity contribution >= 4 is 23.6 Å². The van der Waals surface area contributed by atoms with E-state index in [0.717, 1.165) is 12.1 Å². The topological polar surface area (TPSA) is 87.7 Å². The molecule has 3 amide bonds. The second-order valence-electron chi connectivity index (χ2n) is 10.6. The molecular weight excluding hydrogens is 777 g/mol. The highest BCUT2D eigenvalue weighted by molar-refractivity contribution is 5.98. The number of halogens is 17. The molecule has 0 unspecified atom stereocenters. The Labute approximate surface area is 287 Å². The molecule has 0 bridgehead atoms. The van der Waals surface area contributed by atoms with Gasteiger partial charge in [-0.3, -0.25) is 9.59 Å². The van der Waals surface area contributed by atoms with Gasteiger partial charge >= 0.3 is 59.6 Å². The number of ether oxygens (including phenoxy) is 1. The Morgan fingerprint density at radius 2 is 1.25 bits per heavy atom. The van der Waals surface area contributed by atoms with Crippen LogP contribution in [0.1, 0.15) is 36.0 Å². The van der Waals surface area contributed by atoms with Gasteiger partial charge in [0, 0.05) is 24.2 Å². The number of hydrogen-bond acceptors (Lipinski definition) is 4. The van der Waals surface area contributed by atoms with Crippen LogP contribution in [0.2, 0.25) is 0 Å². The number of carbonyl (C=O) groups is 3. The number of rotatable bonds is 18. The normalized spacial score (nSPS) is 13.4. The van der Waals surface area contributed by atoms with Crippen LogP contribution in [0, 0.1) is 24.7 Å². The van der Waals surface area contributed by atoms with Gasteiger partial charge in [-0.2, -0.15) is 74.6 Å². The van der Waals surface area contributed by atoms with Crippen LogP contribution in [0.4, 0.5) is 85.1 Å². The average molecular weight is 801 g/mol. The molecule has 1 aromatic rings. The molecule has 24 heteroatoms. The van der Waals surface area contributed by atoms with Gasteiger partial charge in [0.05, 0.1) is 19.6 Å². The van der Waals surface area contributed by atoms with Crippen LogP contribution in [-0.4, -0.2) is 96.7 Å². The molecule has 0 aliphatic carbocycles. The molecule has 0 saturated heterocycles. The van der Waals surface area contributed by atoms with E-state index in [1.165, 1.54) is 12.1 Å². The number of terminal acetylenes is 2. The summed E-state index contributed by atoms with van der Waals surface area (Å²) in [6, 6.07) is 3.97. The fraction of sp³-hybridized carbons (Fsp3) is 0.552. The quantitative estimate of drug-likeness (QED) is 0.0693. The van der Waals surface area contributed by atoms with Crippen molar-refractivity contribution in [3.63, 3.8) is 0 Å². The third kappa shape index (κ3) is 9.48. The van der Waals surface area contributed by atoms with Crippen molar-refractivity contribution in [1.29, 1.82) is 0 Å². The van der Waals surface area contributed by atoms with E-state index in [1.807, 2.05) is 5.92 Å². The molecule has 0 atom stereocenters. The summed E-state index contributed by atoms with van der Waals surface area (Å²) in [6.07, 6.45) is 0.896. The number of nitrogens with one attached hydrogen (secondary N) is 2. The zero-order valence-electron chi connectivity index (χ0n) is 26.1. The molecule has 0 aliphatic heterocycles. The number of anilines is 1. The largest absolute Gasteiger partial charge is 0.464 e. The Morgan fingerprint density at radius 1 is 0.717 bits per heavy atom. The standard InChI is InChI=1S/C29H24F17N3O4/c1-3-5-6-7-12-47-21(52)48-18-10-8-9-17(15-18)20(51)49(13-4-2)16-19(50)53-14-11-22(30,31)23(32,33)24(34,35)25(36,37)26(38,39)27(40,41)28(42,43)29(44,45)46/h1-2,8-10,15H,5-7,11-14,16H2,(H2,47,48,52). The third-order valence-electron chi connectivity index (χ3n) is 6.76. The van der Waals surface area contributed by atoms with Crippen molar-refractivity contribution in [2.24, 2.45) is 0 Å². The number of unbranched alkanes of at least 4 members (excludes halogenated alkanes) is 2. The van der Waals surface area contributed by atoms with Gasteiger partial charge in [-0.25, -0.2) is 4.79 Å². The van der Waals surface area contributed by atoms with Crippen LogP contribution in [0.25, 0.3) is 0 Å². The Kier molecular flexibility index (Phi) is 14.5. The summed E-state index contributed by atoms with van der Waals surface area (Å²) in [5, 5.41) is 4.84. The second kappa shape index (κ2) is 16.6. The maximum atomic E-state index is 14.1. The van der Waals surface area contributed by atoms with Crippen molar-refractivity contribution in [3.8, 4) is 24.7 Å². The Hall–Kier alpha value is -4.64. The maximum absolute atomic E-state index is 14.1. The second-order valence-corrected chi connectivity index (χ2v) is 10.6. The summed E-state index contributed by atoms with van der Waals surface area (Å²) in [4.78, 5) is 37.5. The average Bonchev–Trinajstić information content (AvgIpc) is 3.03. The molecule has 0 aromatic heterocycles. The lowest BCUT2D eigenvalue weighted by Gasteiger charge is -2.42. The molecule has 0 radical (unpaired) electrons. The lowest BCUT2D eigenvalue weighted by atomic mass is 9.88. The minimum atomic E-state index is -8.77. The number of amides is 3. The lowest BCUT2D eigenvalue weighted by Crippen LogP contribution is -2.74. The molecule has 0 fully saturated rings. The van der Waals surface area contributed by atoms with Crippen molar-refractivity contribution < 1.29 is 93.8 Å². The summed E-state index contributed by atoms with van der Waals surface area (Å²) < 4.78 is 232. The highest BCUT2D eigenvalue weighted by atomic mass is 19.4. The van der Waals surface area contributed by atoms with Crippen LogP contribution in [0.15, 0.2) is 24.3 Å². The molecule has 0 spiro atoms. The van der Waals surface area contributed by atoms with Crippen LogP contribution < -0.4 is 10.6 Å². The maximum Gasteiger partial charge on any atom is 0.460 e.